The Balaban J connectivity index is 0.000000412. The van der Waals surface area contributed by atoms with E-state index in [4.69, 9.17) is 32.0 Å². The summed E-state index contributed by atoms with van der Waals surface area (Å²) in [5.74, 6) is -3.27. The number of alkyl halides is 3. The molecule has 0 unspecified atom stereocenters. The third-order valence-electron chi connectivity index (χ3n) is 3.34. The monoisotopic (exact) mass is 400 g/mol. The Kier molecular flexibility index (Phi) is 8.09. The number of carboxylic acids is 1. The Morgan fingerprint density at radius 1 is 1.35 bits per heavy atom. The summed E-state index contributed by atoms with van der Waals surface area (Å²) in [4.78, 5) is 20.5. The van der Waals surface area contributed by atoms with Crippen molar-refractivity contribution < 1.29 is 37.0 Å². The maximum absolute atomic E-state index is 13.1. The minimum absolute atomic E-state index is 0.0248. The predicted octanol–water partition coefficient (Wildman–Crippen LogP) is 2.49. The first-order chi connectivity index (χ1) is 12.0. The van der Waals surface area contributed by atoms with Gasteiger partial charge in [0.2, 0.25) is 0 Å². The minimum atomic E-state index is -5.08. The van der Waals surface area contributed by atoms with E-state index in [0.29, 0.717) is 0 Å². The molecule has 0 aromatic heterocycles. The van der Waals surface area contributed by atoms with Crippen LogP contribution in [-0.2, 0) is 9.59 Å². The third kappa shape index (κ3) is 7.87. The van der Waals surface area contributed by atoms with Crippen LogP contribution in [0.15, 0.2) is 18.2 Å². The molecule has 2 atom stereocenters. The first-order valence-corrected chi connectivity index (χ1v) is 7.79. The highest BCUT2D eigenvalue weighted by Gasteiger charge is 2.38. The van der Waals surface area contributed by atoms with Gasteiger partial charge in [-0.25, -0.2) is 9.18 Å². The summed E-state index contributed by atoms with van der Waals surface area (Å²) in [6, 6.07) is 4.34. The van der Waals surface area contributed by atoms with Gasteiger partial charge in [-0.15, -0.1) is 0 Å². The van der Waals surface area contributed by atoms with Gasteiger partial charge in [0, 0.05) is 18.2 Å². The number of nitrogens with two attached hydrogens (primary N) is 1. The summed E-state index contributed by atoms with van der Waals surface area (Å²) < 4.78 is 50.1. The van der Waals surface area contributed by atoms with Crippen LogP contribution in [0.1, 0.15) is 19.3 Å². The van der Waals surface area contributed by atoms with Gasteiger partial charge in [0.25, 0.3) is 5.91 Å². The number of nitrogens with one attached hydrogen (secondary N) is 1. The number of hydrogen-bond donors (Lipinski definition) is 3. The molecule has 26 heavy (non-hydrogen) atoms. The van der Waals surface area contributed by atoms with Crippen molar-refractivity contribution in [1.29, 1.82) is 0 Å². The number of benzene rings is 1. The number of rotatable bonds is 4. The molecular formula is C15H17ClF4N2O4. The molecule has 2 rings (SSSR count). The fourth-order valence-electron chi connectivity index (χ4n) is 2.13. The zero-order valence-electron chi connectivity index (χ0n) is 13.4. The second-order valence-corrected chi connectivity index (χ2v) is 5.91. The van der Waals surface area contributed by atoms with E-state index in [0.717, 1.165) is 25.3 Å². The fraction of sp³-hybridized carbons (Fsp3) is 0.467. The van der Waals surface area contributed by atoms with Crippen LogP contribution in [0.5, 0.6) is 5.75 Å². The second-order valence-electron chi connectivity index (χ2n) is 5.51. The van der Waals surface area contributed by atoms with Crippen LogP contribution >= 0.6 is 11.6 Å². The van der Waals surface area contributed by atoms with Crippen molar-refractivity contribution in [3.63, 3.8) is 0 Å². The molecule has 1 aromatic carbocycles. The maximum atomic E-state index is 13.1. The van der Waals surface area contributed by atoms with Crippen molar-refractivity contribution in [3.05, 3.63) is 29.0 Å². The largest absolute Gasteiger partial charge is 0.490 e. The smallest absolute Gasteiger partial charge is 0.484 e. The van der Waals surface area contributed by atoms with E-state index >= 15 is 0 Å². The maximum Gasteiger partial charge on any atom is 0.490 e. The molecule has 0 bridgehead atoms. The van der Waals surface area contributed by atoms with E-state index in [-0.39, 0.29) is 35.4 Å². The highest BCUT2D eigenvalue weighted by atomic mass is 35.5. The van der Waals surface area contributed by atoms with E-state index in [9.17, 15) is 22.4 Å². The number of carbonyl (C=O) groups excluding carboxylic acids is 1. The van der Waals surface area contributed by atoms with Crippen LogP contribution in [0.25, 0.3) is 0 Å². The molecule has 11 heteroatoms. The molecule has 1 aliphatic carbocycles. The quantitative estimate of drug-likeness (QED) is 0.674. The van der Waals surface area contributed by atoms with Gasteiger partial charge in [-0.1, -0.05) is 11.6 Å². The molecule has 0 radical (unpaired) electrons. The standard InChI is InChI=1S/C13H16ClFN2O2.C2HF3O2/c14-11-4-3-10(6-12(11)15)19-7-13(18)17-9-2-1-8(16)5-9;3-2(4,5)1(6)7/h3-4,6,8-9H,1-2,5,7,16H2,(H,17,18);(H,6,7)/t8-,9-;/m0./s1. The molecule has 1 aromatic rings. The van der Waals surface area contributed by atoms with Gasteiger partial charge < -0.3 is 20.9 Å². The summed E-state index contributed by atoms with van der Waals surface area (Å²) in [6.07, 6.45) is -2.47. The average Bonchev–Trinajstić information content (AvgIpc) is 2.93. The molecule has 1 fully saturated rings. The summed E-state index contributed by atoms with van der Waals surface area (Å²) in [7, 11) is 0. The van der Waals surface area contributed by atoms with Crippen molar-refractivity contribution in [2.24, 2.45) is 5.73 Å². The first-order valence-electron chi connectivity index (χ1n) is 7.42. The molecule has 1 saturated carbocycles. The molecule has 0 spiro atoms. The highest BCUT2D eigenvalue weighted by Crippen LogP contribution is 2.20. The van der Waals surface area contributed by atoms with E-state index in [1.807, 2.05) is 0 Å². The van der Waals surface area contributed by atoms with Crippen LogP contribution in [0.2, 0.25) is 5.02 Å². The Morgan fingerprint density at radius 3 is 2.42 bits per heavy atom. The molecule has 0 aliphatic heterocycles. The number of halogens is 5. The van der Waals surface area contributed by atoms with Crippen molar-refractivity contribution in [3.8, 4) is 5.75 Å². The minimum Gasteiger partial charge on any atom is -0.484 e. The van der Waals surface area contributed by atoms with Crippen LogP contribution in [-0.4, -0.2) is 41.8 Å². The zero-order valence-corrected chi connectivity index (χ0v) is 14.1. The molecule has 0 heterocycles. The highest BCUT2D eigenvalue weighted by molar-refractivity contribution is 6.30. The Hall–Kier alpha value is -2.07. The van der Waals surface area contributed by atoms with Crippen LogP contribution in [0.4, 0.5) is 17.6 Å². The first kappa shape index (κ1) is 22.0. The predicted molar refractivity (Wildman–Crippen MR) is 84.4 cm³/mol. The molecule has 146 valence electrons. The molecule has 1 aliphatic rings. The zero-order chi connectivity index (χ0) is 19.9. The van der Waals surface area contributed by atoms with Crippen molar-refractivity contribution >= 4 is 23.5 Å². The molecule has 0 saturated heterocycles. The normalized spacial score (nSPS) is 19.3. The van der Waals surface area contributed by atoms with Gasteiger partial charge in [-0.05, 0) is 31.4 Å². The summed E-state index contributed by atoms with van der Waals surface area (Å²) >= 11 is 5.55. The number of hydrogen-bond acceptors (Lipinski definition) is 4. The van der Waals surface area contributed by atoms with Gasteiger partial charge in [0.15, 0.2) is 6.61 Å². The Labute approximate surface area is 151 Å². The molecule has 1 amide bonds. The van der Waals surface area contributed by atoms with E-state index < -0.39 is 18.0 Å². The lowest BCUT2D eigenvalue weighted by Gasteiger charge is -2.13. The molecule has 6 nitrogen and oxygen atoms in total. The van der Waals surface area contributed by atoms with Crippen molar-refractivity contribution in [2.45, 2.75) is 37.5 Å². The van der Waals surface area contributed by atoms with Gasteiger partial charge in [0.05, 0.1) is 5.02 Å². The number of carboxylic acid groups (broad SMARTS) is 1. The Bertz CT molecular complexity index is 643. The number of amides is 1. The third-order valence-corrected chi connectivity index (χ3v) is 3.65. The molecular weight excluding hydrogens is 384 g/mol. The number of aliphatic carboxylic acids is 1. The van der Waals surface area contributed by atoms with Gasteiger partial charge in [-0.2, -0.15) is 13.2 Å². The Morgan fingerprint density at radius 2 is 1.96 bits per heavy atom. The summed E-state index contributed by atoms with van der Waals surface area (Å²) in [6.45, 7) is -0.146. The lowest BCUT2D eigenvalue weighted by Crippen LogP contribution is -2.37. The molecule has 4 N–H and O–H groups in total. The van der Waals surface area contributed by atoms with Gasteiger partial charge in [-0.3, -0.25) is 4.79 Å². The fourth-order valence-corrected chi connectivity index (χ4v) is 2.25. The van der Waals surface area contributed by atoms with Crippen LogP contribution in [0, 0.1) is 5.82 Å². The van der Waals surface area contributed by atoms with E-state index in [1.54, 1.807) is 0 Å². The summed E-state index contributed by atoms with van der Waals surface area (Å²) in [5.41, 5.74) is 5.76. The van der Waals surface area contributed by atoms with Crippen LogP contribution in [0.3, 0.4) is 0 Å². The number of carbonyl (C=O) groups is 2. The number of ether oxygens (including phenoxy) is 1. The van der Waals surface area contributed by atoms with E-state index in [2.05, 4.69) is 5.32 Å². The van der Waals surface area contributed by atoms with Crippen LogP contribution < -0.4 is 15.8 Å². The van der Waals surface area contributed by atoms with E-state index in [1.165, 1.54) is 12.1 Å². The second kappa shape index (κ2) is 9.58. The lowest BCUT2D eigenvalue weighted by atomic mass is 10.2. The SMILES string of the molecule is N[C@H]1CC[C@H](NC(=O)COc2ccc(Cl)c(F)c2)C1.O=C(O)C(F)(F)F. The van der Waals surface area contributed by atoms with Crippen molar-refractivity contribution in [2.75, 3.05) is 6.61 Å². The van der Waals surface area contributed by atoms with Gasteiger partial charge >= 0.3 is 12.1 Å². The average molecular weight is 401 g/mol. The lowest BCUT2D eigenvalue weighted by molar-refractivity contribution is -0.192. The van der Waals surface area contributed by atoms with Gasteiger partial charge in [0.1, 0.15) is 11.6 Å². The topological polar surface area (TPSA) is 102 Å². The van der Waals surface area contributed by atoms with Crippen molar-refractivity contribution in [1.82, 2.24) is 5.32 Å². The summed E-state index contributed by atoms with van der Waals surface area (Å²) in [5, 5.41) is 9.99.